The fourth-order valence-corrected chi connectivity index (χ4v) is 3.76. The minimum Gasteiger partial charge on any atom is -0.481 e. The second-order valence-electron chi connectivity index (χ2n) is 8.08. The number of aromatic nitrogens is 1. The van der Waals surface area contributed by atoms with E-state index in [2.05, 4.69) is 9.98 Å². The summed E-state index contributed by atoms with van der Waals surface area (Å²) in [5.41, 5.74) is 11.9. The SMILES string of the molecule is Cc1c(Oc2cccc(/C(N)=C/C=NCc3cccc(CCC(=O)O)c3)c2)ccc2[nH]ccc12. The Balaban J connectivity index is 1.40. The Morgan fingerprint density at radius 2 is 1.91 bits per heavy atom. The van der Waals surface area contributed by atoms with Crippen molar-refractivity contribution in [2.45, 2.75) is 26.3 Å². The number of nitrogens with zero attached hydrogens (tertiary/aromatic N) is 1. The van der Waals surface area contributed by atoms with Crippen LogP contribution in [0, 0.1) is 6.92 Å². The molecule has 0 saturated heterocycles. The molecular formula is C28H27N3O3. The average Bonchev–Trinajstić information content (AvgIpc) is 3.32. The number of aliphatic imine (C=N–C) groups is 1. The van der Waals surface area contributed by atoms with Gasteiger partial charge in [0.1, 0.15) is 11.5 Å². The Labute approximate surface area is 198 Å². The Morgan fingerprint density at radius 1 is 1.09 bits per heavy atom. The van der Waals surface area contributed by atoms with Crippen molar-refractivity contribution in [3.8, 4) is 11.5 Å². The molecule has 1 aromatic heterocycles. The number of hydrogen-bond acceptors (Lipinski definition) is 4. The first kappa shape index (κ1) is 22.9. The Morgan fingerprint density at radius 3 is 2.76 bits per heavy atom. The zero-order valence-corrected chi connectivity index (χ0v) is 19.0. The van der Waals surface area contributed by atoms with Gasteiger partial charge in [-0.15, -0.1) is 0 Å². The third kappa shape index (κ3) is 5.72. The zero-order chi connectivity index (χ0) is 23.9. The third-order valence-corrected chi connectivity index (χ3v) is 5.60. The molecule has 6 nitrogen and oxygen atoms in total. The number of aliphatic carboxylic acids is 1. The molecule has 0 aliphatic heterocycles. The minimum absolute atomic E-state index is 0.120. The van der Waals surface area contributed by atoms with Crippen LogP contribution in [-0.2, 0) is 17.8 Å². The van der Waals surface area contributed by atoms with E-state index < -0.39 is 5.97 Å². The van der Waals surface area contributed by atoms with Crippen LogP contribution in [0.15, 0.2) is 84.0 Å². The molecule has 4 aromatic rings. The topological polar surface area (TPSA) is 101 Å². The van der Waals surface area contributed by atoms with Crippen molar-refractivity contribution in [2.24, 2.45) is 10.7 Å². The fraction of sp³-hybridized carbons (Fsp3) is 0.143. The van der Waals surface area contributed by atoms with Gasteiger partial charge in [0, 0.05) is 46.6 Å². The highest BCUT2D eigenvalue weighted by atomic mass is 16.5. The summed E-state index contributed by atoms with van der Waals surface area (Å²) in [5, 5.41) is 9.98. The van der Waals surface area contributed by atoms with Crippen molar-refractivity contribution < 1.29 is 14.6 Å². The average molecular weight is 454 g/mol. The van der Waals surface area contributed by atoms with Crippen molar-refractivity contribution in [3.63, 3.8) is 0 Å². The highest BCUT2D eigenvalue weighted by molar-refractivity contribution is 5.85. The van der Waals surface area contributed by atoms with Crippen molar-refractivity contribution in [3.05, 3.63) is 101 Å². The van der Waals surface area contributed by atoms with Gasteiger partial charge in [-0.3, -0.25) is 9.79 Å². The molecule has 0 bridgehead atoms. The largest absolute Gasteiger partial charge is 0.481 e. The molecule has 0 fully saturated rings. The van der Waals surface area contributed by atoms with Gasteiger partial charge >= 0.3 is 5.97 Å². The van der Waals surface area contributed by atoms with E-state index in [9.17, 15) is 4.79 Å². The lowest BCUT2D eigenvalue weighted by Crippen LogP contribution is -1.98. The smallest absolute Gasteiger partial charge is 0.303 e. The quantitative estimate of drug-likeness (QED) is 0.276. The van der Waals surface area contributed by atoms with Gasteiger partial charge < -0.3 is 20.6 Å². The number of aromatic amines is 1. The number of ether oxygens (including phenoxy) is 1. The maximum absolute atomic E-state index is 10.8. The number of nitrogens with one attached hydrogen (secondary N) is 1. The summed E-state index contributed by atoms with van der Waals surface area (Å²) in [5.74, 6) is 0.719. The summed E-state index contributed by atoms with van der Waals surface area (Å²) in [7, 11) is 0. The van der Waals surface area contributed by atoms with Gasteiger partial charge in [-0.05, 0) is 60.9 Å². The molecule has 4 N–H and O–H groups in total. The second kappa shape index (κ2) is 10.5. The number of aryl methyl sites for hydroxylation is 2. The van der Waals surface area contributed by atoms with Crippen molar-refractivity contribution in [2.75, 3.05) is 0 Å². The monoisotopic (exact) mass is 453 g/mol. The van der Waals surface area contributed by atoms with E-state index in [4.69, 9.17) is 15.6 Å². The Hall–Kier alpha value is -4.32. The van der Waals surface area contributed by atoms with Crippen LogP contribution in [0.4, 0.5) is 0 Å². The first-order chi connectivity index (χ1) is 16.5. The third-order valence-electron chi connectivity index (χ3n) is 5.60. The molecule has 0 aliphatic rings. The molecule has 6 heteroatoms. The molecule has 0 radical (unpaired) electrons. The number of carbonyl (C=O) groups is 1. The van der Waals surface area contributed by atoms with Gasteiger partial charge in [-0.1, -0.05) is 36.4 Å². The highest BCUT2D eigenvalue weighted by Gasteiger charge is 2.07. The molecule has 0 aliphatic carbocycles. The number of rotatable bonds is 9. The Bertz CT molecular complexity index is 1370. The van der Waals surface area contributed by atoms with E-state index in [0.29, 0.717) is 24.4 Å². The van der Waals surface area contributed by atoms with Gasteiger partial charge in [0.25, 0.3) is 0 Å². The normalized spacial score (nSPS) is 11.9. The number of benzene rings is 3. The summed E-state index contributed by atoms with van der Waals surface area (Å²) in [6, 6.07) is 21.5. The van der Waals surface area contributed by atoms with Crippen LogP contribution in [-0.4, -0.2) is 22.3 Å². The van der Waals surface area contributed by atoms with Crippen LogP contribution < -0.4 is 10.5 Å². The maximum Gasteiger partial charge on any atom is 0.303 e. The molecular weight excluding hydrogens is 426 g/mol. The highest BCUT2D eigenvalue weighted by Crippen LogP contribution is 2.31. The number of fused-ring (bicyclic) bond motifs is 1. The van der Waals surface area contributed by atoms with Crippen LogP contribution in [0.5, 0.6) is 11.5 Å². The van der Waals surface area contributed by atoms with Crippen LogP contribution in [0.25, 0.3) is 16.6 Å². The second-order valence-corrected chi connectivity index (χ2v) is 8.08. The lowest BCUT2D eigenvalue weighted by molar-refractivity contribution is -0.136. The lowest BCUT2D eigenvalue weighted by Gasteiger charge is -2.11. The summed E-state index contributed by atoms with van der Waals surface area (Å²) in [4.78, 5) is 18.4. The molecule has 0 amide bonds. The minimum atomic E-state index is -0.796. The number of carboxylic acids is 1. The van der Waals surface area contributed by atoms with E-state index in [0.717, 1.165) is 38.9 Å². The molecule has 0 spiro atoms. The van der Waals surface area contributed by atoms with Gasteiger partial charge in [0.05, 0.1) is 6.54 Å². The standard InChI is InChI=1S/C28H27N3O3/c1-19-24-12-15-31-26(24)9-10-27(19)34-23-7-3-6-22(17-23)25(29)13-14-30-18-21-5-2-4-20(16-21)8-11-28(32)33/h2-7,9-10,12-17,31H,8,11,18,29H2,1H3,(H,32,33)/b25-13-,30-14?. The number of allylic oxidation sites excluding steroid dienone is 1. The van der Waals surface area contributed by atoms with E-state index in [1.54, 1.807) is 12.3 Å². The first-order valence-electron chi connectivity index (χ1n) is 11.1. The predicted octanol–water partition coefficient (Wildman–Crippen LogP) is 5.86. The van der Waals surface area contributed by atoms with Crippen molar-refractivity contribution in [1.82, 2.24) is 4.98 Å². The van der Waals surface area contributed by atoms with Crippen LogP contribution in [0.3, 0.4) is 0 Å². The predicted molar refractivity (Wildman–Crippen MR) is 136 cm³/mol. The van der Waals surface area contributed by atoms with Crippen LogP contribution in [0.2, 0.25) is 0 Å². The van der Waals surface area contributed by atoms with Crippen LogP contribution in [0.1, 0.15) is 28.7 Å². The molecule has 4 rings (SSSR count). The fourth-order valence-electron chi connectivity index (χ4n) is 3.76. The van der Waals surface area contributed by atoms with Gasteiger partial charge in [-0.2, -0.15) is 0 Å². The summed E-state index contributed by atoms with van der Waals surface area (Å²) >= 11 is 0. The molecule has 0 atom stereocenters. The summed E-state index contributed by atoms with van der Waals surface area (Å²) in [6.45, 7) is 2.54. The molecule has 0 unspecified atom stereocenters. The summed E-state index contributed by atoms with van der Waals surface area (Å²) in [6.07, 6.45) is 6.01. The number of nitrogens with two attached hydrogens (primary N) is 1. The van der Waals surface area contributed by atoms with Crippen molar-refractivity contribution >= 4 is 28.8 Å². The molecule has 172 valence electrons. The number of H-pyrrole nitrogens is 1. The van der Waals surface area contributed by atoms with E-state index in [-0.39, 0.29) is 6.42 Å². The number of hydrogen-bond donors (Lipinski definition) is 3. The van der Waals surface area contributed by atoms with E-state index >= 15 is 0 Å². The van der Waals surface area contributed by atoms with Gasteiger partial charge in [0.2, 0.25) is 0 Å². The molecule has 3 aromatic carbocycles. The Kier molecular flexibility index (Phi) is 7.08. The van der Waals surface area contributed by atoms with E-state index in [1.165, 1.54) is 0 Å². The zero-order valence-electron chi connectivity index (χ0n) is 19.0. The molecule has 0 saturated carbocycles. The molecule has 1 heterocycles. The van der Waals surface area contributed by atoms with E-state index in [1.807, 2.05) is 79.9 Å². The van der Waals surface area contributed by atoms with Crippen LogP contribution >= 0.6 is 0 Å². The van der Waals surface area contributed by atoms with Gasteiger partial charge in [0.15, 0.2) is 0 Å². The number of carboxylic acid groups (broad SMARTS) is 1. The first-order valence-corrected chi connectivity index (χ1v) is 11.1. The van der Waals surface area contributed by atoms with Crippen molar-refractivity contribution in [1.29, 1.82) is 0 Å². The maximum atomic E-state index is 10.8. The van der Waals surface area contributed by atoms with Gasteiger partial charge in [-0.25, -0.2) is 0 Å². The summed E-state index contributed by atoms with van der Waals surface area (Å²) < 4.78 is 6.14. The lowest BCUT2D eigenvalue weighted by atomic mass is 10.1. The molecule has 34 heavy (non-hydrogen) atoms.